The van der Waals surface area contributed by atoms with Crippen molar-refractivity contribution in [3.63, 3.8) is 0 Å². The molecule has 2 heterocycles. The van der Waals surface area contributed by atoms with Gasteiger partial charge in [0.1, 0.15) is 5.41 Å². The molecule has 0 saturated carbocycles. The highest BCUT2D eigenvalue weighted by atomic mass is 16.4. The molecule has 1 aromatic heterocycles. The Bertz CT molecular complexity index is 716. The third-order valence-electron chi connectivity index (χ3n) is 5.14. The van der Waals surface area contributed by atoms with Crippen molar-refractivity contribution < 1.29 is 15.0 Å². The molecule has 2 N–H and O–H groups in total. The molecule has 6 nitrogen and oxygen atoms in total. The zero-order chi connectivity index (χ0) is 17.9. The van der Waals surface area contributed by atoms with Gasteiger partial charge in [0.05, 0.1) is 11.8 Å². The molecule has 1 aliphatic heterocycles. The number of carboxylic acid groups (broad SMARTS) is 1. The summed E-state index contributed by atoms with van der Waals surface area (Å²) < 4.78 is 1.87. The maximum absolute atomic E-state index is 12.0. The highest BCUT2D eigenvalue weighted by Gasteiger charge is 2.48. The fraction of sp³-hybridized carbons (Fsp3) is 0.474. The molecule has 25 heavy (non-hydrogen) atoms. The Morgan fingerprint density at radius 1 is 1.32 bits per heavy atom. The number of aliphatic hydroxyl groups is 1. The minimum absolute atomic E-state index is 0.345. The highest BCUT2D eigenvalue weighted by molar-refractivity contribution is 5.76. The summed E-state index contributed by atoms with van der Waals surface area (Å²) in [6.45, 7) is 4.46. The van der Waals surface area contributed by atoms with Crippen LogP contribution in [0.2, 0.25) is 0 Å². The number of hydrogen-bond donors (Lipinski definition) is 2. The summed E-state index contributed by atoms with van der Waals surface area (Å²) in [5, 5.41) is 25.0. The van der Waals surface area contributed by atoms with Crippen molar-refractivity contribution >= 4 is 5.97 Å². The first kappa shape index (κ1) is 17.6. The Morgan fingerprint density at radius 3 is 2.68 bits per heavy atom. The molecule has 6 heteroatoms. The average molecular weight is 343 g/mol. The van der Waals surface area contributed by atoms with E-state index in [1.54, 1.807) is 0 Å². The summed E-state index contributed by atoms with van der Waals surface area (Å²) in [6.07, 6.45) is 1.80. The number of benzene rings is 1. The van der Waals surface area contributed by atoms with E-state index < -0.39 is 17.5 Å². The largest absolute Gasteiger partial charge is 0.481 e. The van der Waals surface area contributed by atoms with Crippen LogP contribution in [0.1, 0.15) is 24.6 Å². The number of nitrogens with zero attached hydrogens (tertiary/aromatic N) is 3. The van der Waals surface area contributed by atoms with Crippen LogP contribution in [0.25, 0.3) is 0 Å². The topological polar surface area (TPSA) is 78.6 Å². The number of likely N-dealkylation sites (tertiary alicyclic amines) is 1. The van der Waals surface area contributed by atoms with Gasteiger partial charge in [-0.25, -0.2) is 0 Å². The van der Waals surface area contributed by atoms with Crippen molar-refractivity contribution in [2.75, 3.05) is 13.1 Å². The predicted molar refractivity (Wildman–Crippen MR) is 94.0 cm³/mol. The van der Waals surface area contributed by atoms with E-state index in [4.69, 9.17) is 0 Å². The number of β-amino-alcohol motifs (C(OH)–C–C–N with tert-alkyl or cyclic N) is 1. The van der Waals surface area contributed by atoms with Gasteiger partial charge in [-0.05, 0) is 37.9 Å². The lowest BCUT2D eigenvalue weighted by atomic mass is 9.71. The smallest absolute Gasteiger partial charge is 0.312 e. The molecule has 1 fully saturated rings. The van der Waals surface area contributed by atoms with Crippen LogP contribution >= 0.6 is 0 Å². The second-order valence-electron chi connectivity index (χ2n) is 6.79. The van der Waals surface area contributed by atoms with E-state index in [2.05, 4.69) is 10.00 Å². The van der Waals surface area contributed by atoms with Crippen LogP contribution in [0.5, 0.6) is 0 Å². The number of carbonyl (C=O) groups is 1. The van der Waals surface area contributed by atoms with Gasteiger partial charge >= 0.3 is 5.97 Å². The molecule has 134 valence electrons. The molecule has 0 radical (unpaired) electrons. The minimum atomic E-state index is -1.12. The van der Waals surface area contributed by atoms with E-state index in [-0.39, 0.29) is 0 Å². The molecule has 0 amide bonds. The van der Waals surface area contributed by atoms with E-state index >= 15 is 0 Å². The van der Waals surface area contributed by atoms with Crippen LogP contribution < -0.4 is 0 Å². The lowest BCUT2D eigenvalue weighted by molar-refractivity contribution is -0.163. The molecule has 0 aliphatic carbocycles. The van der Waals surface area contributed by atoms with E-state index in [9.17, 15) is 15.0 Å². The normalized spacial score (nSPS) is 24.3. The standard InChI is InChI=1S/C19H25N3O3/c1-2-22-10-8-16(20-22)13-21-11-9-19(18(24)25,17(23)14-21)12-15-6-4-3-5-7-15/h3-8,10,17,23H,2,9,11-14H2,1H3,(H,24,25)/t17-,19-/m1/s1. The van der Waals surface area contributed by atoms with Crippen LogP contribution in [0, 0.1) is 5.41 Å². The molecule has 1 saturated heterocycles. The summed E-state index contributed by atoms with van der Waals surface area (Å²) in [5.74, 6) is -0.918. The molecule has 0 unspecified atom stereocenters. The zero-order valence-corrected chi connectivity index (χ0v) is 14.5. The van der Waals surface area contributed by atoms with Crippen LogP contribution in [-0.4, -0.2) is 50.1 Å². The quantitative estimate of drug-likeness (QED) is 0.836. The Hall–Kier alpha value is -2.18. The second kappa shape index (κ2) is 7.37. The van der Waals surface area contributed by atoms with Crippen LogP contribution in [0.3, 0.4) is 0 Å². The number of aliphatic carboxylic acids is 1. The fourth-order valence-electron chi connectivity index (χ4n) is 3.56. The monoisotopic (exact) mass is 343 g/mol. The van der Waals surface area contributed by atoms with E-state index in [0.717, 1.165) is 17.8 Å². The number of piperidine rings is 1. The zero-order valence-electron chi connectivity index (χ0n) is 14.5. The number of aryl methyl sites for hydroxylation is 1. The van der Waals surface area contributed by atoms with Crippen LogP contribution in [0.4, 0.5) is 0 Å². The van der Waals surface area contributed by atoms with Gasteiger partial charge in [-0.1, -0.05) is 30.3 Å². The van der Waals surface area contributed by atoms with Gasteiger partial charge < -0.3 is 10.2 Å². The summed E-state index contributed by atoms with van der Waals surface area (Å²) in [4.78, 5) is 14.1. The van der Waals surface area contributed by atoms with Gasteiger partial charge in [-0.3, -0.25) is 14.4 Å². The van der Waals surface area contributed by atoms with Crippen molar-refractivity contribution in [3.05, 3.63) is 53.9 Å². The molecule has 1 aliphatic rings. The summed E-state index contributed by atoms with van der Waals surface area (Å²) in [7, 11) is 0. The number of rotatable bonds is 6. The van der Waals surface area contributed by atoms with E-state index in [1.165, 1.54) is 0 Å². The van der Waals surface area contributed by atoms with Crippen molar-refractivity contribution in [1.82, 2.24) is 14.7 Å². The SMILES string of the molecule is CCn1ccc(CN2CC[C@](Cc3ccccc3)(C(=O)O)[C@H](O)C2)n1. The molecule has 0 bridgehead atoms. The Kier molecular flexibility index (Phi) is 5.20. The van der Waals surface area contributed by atoms with Crippen molar-refractivity contribution in [2.45, 2.75) is 39.0 Å². The average Bonchev–Trinajstić information content (AvgIpc) is 3.06. The molecule has 3 rings (SSSR count). The minimum Gasteiger partial charge on any atom is -0.481 e. The molecule has 2 aromatic rings. The van der Waals surface area contributed by atoms with Gasteiger partial charge in [-0.15, -0.1) is 0 Å². The van der Waals surface area contributed by atoms with Gasteiger partial charge in [0.25, 0.3) is 0 Å². The van der Waals surface area contributed by atoms with Crippen molar-refractivity contribution in [1.29, 1.82) is 0 Å². The first-order valence-corrected chi connectivity index (χ1v) is 8.73. The molecule has 0 spiro atoms. The first-order valence-electron chi connectivity index (χ1n) is 8.73. The van der Waals surface area contributed by atoms with E-state index in [0.29, 0.717) is 32.5 Å². The lowest BCUT2D eigenvalue weighted by Gasteiger charge is -2.42. The van der Waals surface area contributed by atoms with Gasteiger partial charge in [0.15, 0.2) is 0 Å². The summed E-state index contributed by atoms with van der Waals surface area (Å²) in [5.41, 5.74) is 0.764. The Morgan fingerprint density at radius 2 is 2.08 bits per heavy atom. The fourth-order valence-corrected chi connectivity index (χ4v) is 3.56. The maximum Gasteiger partial charge on any atom is 0.312 e. The maximum atomic E-state index is 12.0. The predicted octanol–water partition coefficient (Wildman–Crippen LogP) is 1.78. The summed E-state index contributed by atoms with van der Waals surface area (Å²) >= 11 is 0. The Balaban J connectivity index is 1.70. The first-order chi connectivity index (χ1) is 12.0. The van der Waals surface area contributed by atoms with Crippen LogP contribution in [-0.2, 0) is 24.3 Å². The summed E-state index contributed by atoms with van der Waals surface area (Å²) in [6, 6.07) is 11.5. The van der Waals surface area contributed by atoms with Gasteiger partial charge in [0, 0.05) is 25.8 Å². The van der Waals surface area contributed by atoms with E-state index in [1.807, 2.05) is 54.2 Å². The lowest BCUT2D eigenvalue weighted by Crippen LogP contribution is -2.55. The number of hydrogen-bond acceptors (Lipinski definition) is 4. The molecular weight excluding hydrogens is 318 g/mol. The molecular formula is C19H25N3O3. The second-order valence-corrected chi connectivity index (χ2v) is 6.79. The number of aromatic nitrogens is 2. The molecule has 1 aromatic carbocycles. The number of aliphatic hydroxyl groups excluding tert-OH is 1. The molecule has 2 atom stereocenters. The third-order valence-corrected chi connectivity index (χ3v) is 5.14. The highest BCUT2D eigenvalue weighted by Crippen LogP contribution is 2.36. The number of carboxylic acids is 1. The van der Waals surface area contributed by atoms with Crippen molar-refractivity contribution in [3.8, 4) is 0 Å². The van der Waals surface area contributed by atoms with Crippen LogP contribution in [0.15, 0.2) is 42.6 Å². The van der Waals surface area contributed by atoms with Gasteiger partial charge in [0.2, 0.25) is 0 Å². The van der Waals surface area contributed by atoms with Crippen molar-refractivity contribution in [2.24, 2.45) is 5.41 Å². The van der Waals surface area contributed by atoms with Gasteiger partial charge in [-0.2, -0.15) is 5.10 Å². The third kappa shape index (κ3) is 3.75. The Labute approximate surface area is 147 Å².